The molecule has 0 saturated carbocycles. The zero-order valence-electron chi connectivity index (χ0n) is 14.9. The monoisotopic (exact) mass is 351 g/mol. The van der Waals surface area contributed by atoms with Crippen molar-refractivity contribution in [3.63, 3.8) is 0 Å². The van der Waals surface area contributed by atoms with Crippen LogP contribution in [0.2, 0.25) is 0 Å². The van der Waals surface area contributed by atoms with Gasteiger partial charge in [0, 0.05) is 36.0 Å². The van der Waals surface area contributed by atoms with E-state index in [2.05, 4.69) is 30.4 Å². The van der Waals surface area contributed by atoms with Crippen molar-refractivity contribution in [3.05, 3.63) is 52.1 Å². The maximum Gasteiger partial charge on any atom is 0.251 e. The van der Waals surface area contributed by atoms with Crippen molar-refractivity contribution in [3.8, 4) is 11.4 Å². The Hall–Kier alpha value is -3.03. The van der Waals surface area contributed by atoms with Crippen molar-refractivity contribution < 1.29 is 0 Å². The van der Waals surface area contributed by atoms with E-state index >= 15 is 0 Å². The highest BCUT2D eigenvalue weighted by Gasteiger charge is 2.21. The van der Waals surface area contributed by atoms with Crippen LogP contribution in [0.5, 0.6) is 0 Å². The molecule has 1 unspecified atom stereocenters. The molecule has 0 amide bonds. The van der Waals surface area contributed by atoms with Crippen molar-refractivity contribution in [2.45, 2.75) is 45.7 Å². The second kappa shape index (κ2) is 6.70. The van der Waals surface area contributed by atoms with Crippen molar-refractivity contribution in [2.75, 3.05) is 5.32 Å². The number of H-pyrrole nitrogens is 1. The zero-order chi connectivity index (χ0) is 18.1. The average molecular weight is 351 g/mol. The summed E-state index contributed by atoms with van der Waals surface area (Å²) in [5.41, 5.74) is 1.42. The largest absolute Gasteiger partial charge is 0.365 e. The molecule has 0 aromatic carbocycles. The molecule has 0 fully saturated rings. The van der Waals surface area contributed by atoms with Crippen LogP contribution in [0.1, 0.15) is 30.7 Å². The minimum Gasteiger partial charge on any atom is -0.365 e. The highest BCUT2D eigenvalue weighted by Crippen LogP contribution is 2.19. The molecular formula is C18H21N7O. The number of aryl methyl sites for hydroxylation is 3. The van der Waals surface area contributed by atoms with Crippen molar-refractivity contribution >= 4 is 5.82 Å². The maximum absolute atomic E-state index is 11.7. The highest BCUT2D eigenvalue weighted by atomic mass is 16.1. The molecule has 0 aliphatic carbocycles. The van der Waals surface area contributed by atoms with Crippen LogP contribution in [0.15, 0.2) is 29.2 Å². The van der Waals surface area contributed by atoms with Crippen molar-refractivity contribution in [1.29, 1.82) is 0 Å². The molecule has 1 aliphatic heterocycles. The van der Waals surface area contributed by atoms with Crippen LogP contribution < -0.4 is 10.9 Å². The van der Waals surface area contributed by atoms with E-state index in [4.69, 9.17) is 0 Å². The molecule has 4 heterocycles. The summed E-state index contributed by atoms with van der Waals surface area (Å²) >= 11 is 0. The van der Waals surface area contributed by atoms with E-state index in [1.54, 1.807) is 6.20 Å². The van der Waals surface area contributed by atoms with Crippen molar-refractivity contribution in [2.24, 2.45) is 0 Å². The van der Waals surface area contributed by atoms with Gasteiger partial charge in [0.05, 0.1) is 6.54 Å². The second-order valence-corrected chi connectivity index (χ2v) is 6.51. The molecule has 0 radical (unpaired) electrons. The van der Waals surface area contributed by atoms with Crippen LogP contribution in [0.25, 0.3) is 11.4 Å². The number of fused-ring (bicyclic) bond motifs is 1. The molecule has 26 heavy (non-hydrogen) atoms. The van der Waals surface area contributed by atoms with E-state index in [0.717, 1.165) is 54.5 Å². The third kappa shape index (κ3) is 3.35. The number of aromatic nitrogens is 6. The molecule has 1 aliphatic rings. The summed E-state index contributed by atoms with van der Waals surface area (Å²) in [5, 5.41) is 7.88. The number of pyridine rings is 1. The van der Waals surface area contributed by atoms with Crippen LogP contribution in [0.3, 0.4) is 0 Å². The van der Waals surface area contributed by atoms with E-state index in [0.29, 0.717) is 5.82 Å². The van der Waals surface area contributed by atoms with Gasteiger partial charge in [-0.1, -0.05) is 6.92 Å². The lowest BCUT2D eigenvalue weighted by molar-refractivity contribution is 0.440. The van der Waals surface area contributed by atoms with Gasteiger partial charge in [0.2, 0.25) is 0 Å². The van der Waals surface area contributed by atoms with Crippen LogP contribution in [-0.2, 0) is 19.4 Å². The van der Waals surface area contributed by atoms with Gasteiger partial charge in [0.1, 0.15) is 23.3 Å². The molecule has 0 bridgehead atoms. The van der Waals surface area contributed by atoms with Gasteiger partial charge in [-0.15, -0.1) is 0 Å². The van der Waals surface area contributed by atoms with Crippen LogP contribution >= 0.6 is 0 Å². The van der Waals surface area contributed by atoms with Gasteiger partial charge < -0.3 is 10.3 Å². The van der Waals surface area contributed by atoms with Gasteiger partial charge in [-0.05, 0) is 31.9 Å². The standard InChI is InChI=1S/C18H21N7O/c1-3-13-8-17(26)23-18(22-13)12-4-6-15(19-9-12)21-14-5-7-16-20-11(2)24-25(16)10-14/h4,6,8-9,14H,3,5,7,10H2,1-2H3,(H,19,21)(H,22,23,26). The molecule has 8 nitrogen and oxygen atoms in total. The lowest BCUT2D eigenvalue weighted by Gasteiger charge is -2.24. The Kier molecular flexibility index (Phi) is 4.24. The summed E-state index contributed by atoms with van der Waals surface area (Å²) in [5.74, 6) is 3.22. The number of nitrogens with zero attached hydrogens (tertiary/aromatic N) is 5. The Morgan fingerprint density at radius 1 is 1.35 bits per heavy atom. The molecule has 4 rings (SSSR count). The number of nitrogens with one attached hydrogen (secondary N) is 2. The minimum atomic E-state index is -0.143. The predicted molar refractivity (Wildman–Crippen MR) is 98.0 cm³/mol. The minimum absolute atomic E-state index is 0.143. The fraction of sp³-hybridized carbons (Fsp3) is 0.389. The molecule has 0 saturated heterocycles. The first-order chi connectivity index (χ1) is 12.6. The summed E-state index contributed by atoms with van der Waals surface area (Å²) in [6, 6.07) is 5.62. The van der Waals surface area contributed by atoms with Gasteiger partial charge in [-0.2, -0.15) is 5.10 Å². The Balaban J connectivity index is 1.48. The zero-order valence-corrected chi connectivity index (χ0v) is 14.9. The second-order valence-electron chi connectivity index (χ2n) is 6.51. The molecule has 3 aromatic heterocycles. The molecule has 3 aromatic rings. The summed E-state index contributed by atoms with van der Waals surface area (Å²) < 4.78 is 1.97. The van der Waals surface area contributed by atoms with E-state index in [1.807, 2.05) is 30.7 Å². The molecule has 0 spiro atoms. The lowest BCUT2D eigenvalue weighted by Crippen LogP contribution is -2.32. The van der Waals surface area contributed by atoms with Crippen LogP contribution in [0, 0.1) is 6.92 Å². The van der Waals surface area contributed by atoms with Gasteiger partial charge in [0.25, 0.3) is 5.56 Å². The fourth-order valence-corrected chi connectivity index (χ4v) is 3.21. The Labute approximate surface area is 150 Å². The average Bonchev–Trinajstić information content (AvgIpc) is 3.01. The molecule has 134 valence electrons. The number of aromatic amines is 1. The van der Waals surface area contributed by atoms with Crippen LogP contribution in [-0.4, -0.2) is 35.8 Å². The van der Waals surface area contributed by atoms with Gasteiger partial charge in [-0.3, -0.25) is 4.79 Å². The van der Waals surface area contributed by atoms with E-state index < -0.39 is 0 Å². The van der Waals surface area contributed by atoms with E-state index in [-0.39, 0.29) is 11.6 Å². The summed E-state index contributed by atoms with van der Waals surface area (Å²) in [4.78, 5) is 27.9. The quantitative estimate of drug-likeness (QED) is 0.742. The lowest BCUT2D eigenvalue weighted by atomic mass is 10.1. The van der Waals surface area contributed by atoms with Gasteiger partial charge in [-0.25, -0.2) is 19.6 Å². The number of hydrogen-bond acceptors (Lipinski definition) is 6. The topological polar surface area (TPSA) is 101 Å². The van der Waals surface area contributed by atoms with Gasteiger partial charge >= 0.3 is 0 Å². The number of hydrogen-bond donors (Lipinski definition) is 2. The van der Waals surface area contributed by atoms with E-state index in [1.165, 1.54) is 6.07 Å². The smallest absolute Gasteiger partial charge is 0.251 e. The highest BCUT2D eigenvalue weighted by molar-refractivity contribution is 5.56. The Morgan fingerprint density at radius 2 is 2.23 bits per heavy atom. The summed E-state index contributed by atoms with van der Waals surface area (Å²) in [7, 11) is 0. The molecular weight excluding hydrogens is 330 g/mol. The first kappa shape index (κ1) is 16.4. The molecule has 2 N–H and O–H groups in total. The molecule has 1 atom stereocenters. The first-order valence-electron chi connectivity index (χ1n) is 8.84. The normalized spacial score (nSPS) is 16.3. The van der Waals surface area contributed by atoms with E-state index in [9.17, 15) is 4.79 Å². The van der Waals surface area contributed by atoms with Crippen molar-refractivity contribution in [1.82, 2.24) is 29.7 Å². The summed E-state index contributed by atoms with van der Waals surface area (Å²) in [6.45, 7) is 4.68. The van der Waals surface area contributed by atoms with Gasteiger partial charge in [0.15, 0.2) is 0 Å². The third-order valence-corrected chi connectivity index (χ3v) is 4.51. The number of anilines is 1. The maximum atomic E-state index is 11.7. The SMILES string of the molecule is CCc1cc(=O)[nH]c(-c2ccc(NC3CCc4nc(C)nn4C3)nc2)n1. The number of rotatable bonds is 4. The fourth-order valence-electron chi connectivity index (χ4n) is 3.21. The molecule has 8 heteroatoms. The Morgan fingerprint density at radius 3 is 3.00 bits per heavy atom. The summed E-state index contributed by atoms with van der Waals surface area (Å²) in [6.07, 6.45) is 4.35. The first-order valence-corrected chi connectivity index (χ1v) is 8.84. The Bertz CT molecular complexity index is 974. The third-order valence-electron chi connectivity index (χ3n) is 4.51. The van der Waals surface area contributed by atoms with Crippen LogP contribution in [0.4, 0.5) is 5.82 Å². The predicted octanol–water partition coefficient (Wildman–Crippen LogP) is 1.72.